The minimum absolute atomic E-state index is 0.0155. The molecule has 1 atom stereocenters. The Morgan fingerprint density at radius 1 is 0.743 bits per heavy atom. The molecule has 0 saturated carbocycles. The van der Waals surface area contributed by atoms with Crippen LogP contribution < -0.4 is 5.32 Å². The molecule has 0 aliphatic heterocycles. The number of halogens is 3. The monoisotopic (exact) mass is 485 g/mol. The van der Waals surface area contributed by atoms with Crippen LogP contribution in [0.1, 0.15) is 69.9 Å². The summed E-state index contributed by atoms with van der Waals surface area (Å²) in [6, 6.07) is 5.43. The quantitative estimate of drug-likeness (QED) is 0.233. The SMILES string of the molecule is CCC=CCC=CCC=CCC=CCC=CCC=CCCC(=O)NC(c1ccccc1)C(F)(F)F. The van der Waals surface area contributed by atoms with E-state index in [4.69, 9.17) is 0 Å². The minimum Gasteiger partial charge on any atom is -0.341 e. The molecular formula is C30H38F3NO. The van der Waals surface area contributed by atoms with E-state index in [1.165, 1.54) is 24.3 Å². The molecule has 0 aliphatic rings. The number of benzene rings is 1. The van der Waals surface area contributed by atoms with Gasteiger partial charge in [0.05, 0.1) is 0 Å². The van der Waals surface area contributed by atoms with Crippen LogP contribution in [0.5, 0.6) is 0 Å². The van der Waals surface area contributed by atoms with Crippen LogP contribution in [0.25, 0.3) is 0 Å². The van der Waals surface area contributed by atoms with Gasteiger partial charge in [0, 0.05) is 6.42 Å². The molecule has 0 bridgehead atoms. The fraction of sp³-hybridized carbons (Fsp3) is 0.367. The molecule has 1 rings (SSSR count). The van der Waals surface area contributed by atoms with Gasteiger partial charge in [-0.05, 0) is 50.5 Å². The van der Waals surface area contributed by atoms with E-state index in [1.807, 2.05) is 18.2 Å². The van der Waals surface area contributed by atoms with Crippen molar-refractivity contribution in [2.24, 2.45) is 0 Å². The second kappa shape index (κ2) is 19.2. The number of rotatable bonds is 16. The molecule has 1 aromatic carbocycles. The first-order valence-electron chi connectivity index (χ1n) is 12.3. The van der Waals surface area contributed by atoms with Crippen molar-refractivity contribution < 1.29 is 18.0 Å². The lowest BCUT2D eigenvalue weighted by molar-refractivity contribution is -0.163. The average molecular weight is 486 g/mol. The van der Waals surface area contributed by atoms with Crippen LogP contribution in [0.2, 0.25) is 0 Å². The highest BCUT2D eigenvalue weighted by Gasteiger charge is 2.41. The maximum absolute atomic E-state index is 13.3. The molecule has 0 radical (unpaired) electrons. The summed E-state index contributed by atoms with van der Waals surface area (Å²) in [6.45, 7) is 2.13. The Labute approximate surface area is 208 Å². The van der Waals surface area contributed by atoms with Crippen LogP contribution in [-0.2, 0) is 4.79 Å². The topological polar surface area (TPSA) is 29.1 Å². The minimum atomic E-state index is -4.54. The first kappa shape index (κ1) is 30.0. The maximum Gasteiger partial charge on any atom is 0.412 e. The fourth-order valence-corrected chi connectivity index (χ4v) is 3.09. The largest absolute Gasteiger partial charge is 0.412 e. The van der Waals surface area contributed by atoms with Crippen molar-refractivity contribution in [1.82, 2.24) is 5.32 Å². The van der Waals surface area contributed by atoms with E-state index in [2.05, 4.69) is 66.9 Å². The zero-order valence-electron chi connectivity index (χ0n) is 20.6. The molecule has 0 aromatic heterocycles. The predicted octanol–water partition coefficient (Wildman–Crippen LogP) is 8.88. The van der Waals surface area contributed by atoms with Gasteiger partial charge in [-0.1, -0.05) is 110 Å². The lowest BCUT2D eigenvalue weighted by Crippen LogP contribution is -2.37. The first-order chi connectivity index (χ1) is 16.9. The Bertz CT molecular complexity index is 861. The Hall–Kier alpha value is -3.08. The summed E-state index contributed by atoms with van der Waals surface area (Å²) in [5, 5.41) is 2.10. The standard InChI is InChI=1S/C30H38F3NO/c1-2-3-4-5-6-7-8-9-10-11-12-13-14-15-16-17-18-19-23-26-28(35)34-29(30(31,32)33)27-24-21-20-22-25-27/h3-4,6-7,9-10,12-13,15-16,18-22,24-25,29H,2,5,8,11,14,17,23,26H2,1H3,(H,34,35). The van der Waals surface area contributed by atoms with Crippen LogP contribution in [0.15, 0.2) is 103 Å². The van der Waals surface area contributed by atoms with Crippen LogP contribution >= 0.6 is 0 Å². The molecule has 2 nitrogen and oxygen atoms in total. The van der Waals surface area contributed by atoms with Gasteiger partial charge in [-0.15, -0.1) is 0 Å². The van der Waals surface area contributed by atoms with E-state index in [9.17, 15) is 18.0 Å². The predicted molar refractivity (Wildman–Crippen MR) is 141 cm³/mol. The van der Waals surface area contributed by atoms with Crippen molar-refractivity contribution in [1.29, 1.82) is 0 Å². The molecule has 190 valence electrons. The molecule has 1 amide bonds. The molecule has 1 aromatic rings. The van der Waals surface area contributed by atoms with Crippen LogP contribution in [0, 0.1) is 0 Å². The Kier molecular flexibility index (Phi) is 16.5. The highest BCUT2D eigenvalue weighted by atomic mass is 19.4. The molecule has 5 heteroatoms. The van der Waals surface area contributed by atoms with Crippen molar-refractivity contribution in [3.63, 3.8) is 0 Å². The van der Waals surface area contributed by atoms with Crippen molar-refractivity contribution >= 4 is 5.91 Å². The third-order valence-electron chi connectivity index (χ3n) is 4.90. The van der Waals surface area contributed by atoms with Gasteiger partial charge in [-0.2, -0.15) is 13.2 Å². The Balaban J connectivity index is 2.16. The van der Waals surface area contributed by atoms with E-state index in [0.717, 1.165) is 38.5 Å². The number of amides is 1. The van der Waals surface area contributed by atoms with E-state index in [-0.39, 0.29) is 12.0 Å². The maximum atomic E-state index is 13.3. The normalized spacial score (nSPS) is 13.9. The number of hydrogen-bond donors (Lipinski definition) is 1. The highest BCUT2D eigenvalue weighted by Crippen LogP contribution is 2.32. The van der Waals surface area contributed by atoms with Crippen molar-refractivity contribution in [3.05, 3.63) is 109 Å². The van der Waals surface area contributed by atoms with Crippen LogP contribution in [-0.4, -0.2) is 12.1 Å². The summed E-state index contributed by atoms with van der Waals surface area (Å²) in [7, 11) is 0. The molecule has 0 fully saturated rings. The van der Waals surface area contributed by atoms with Crippen LogP contribution in [0.4, 0.5) is 13.2 Å². The van der Waals surface area contributed by atoms with E-state index < -0.39 is 18.1 Å². The van der Waals surface area contributed by atoms with Gasteiger partial charge in [0.15, 0.2) is 6.04 Å². The summed E-state index contributed by atoms with van der Waals surface area (Å²) in [5.41, 5.74) is 0.0299. The number of carbonyl (C=O) groups excluding carboxylic acids is 1. The Morgan fingerprint density at radius 3 is 1.60 bits per heavy atom. The summed E-state index contributed by atoms with van der Waals surface area (Å²) < 4.78 is 39.9. The second-order valence-corrected chi connectivity index (χ2v) is 7.91. The molecule has 35 heavy (non-hydrogen) atoms. The van der Waals surface area contributed by atoms with Gasteiger partial charge in [-0.25, -0.2) is 0 Å². The summed E-state index contributed by atoms with van der Waals surface area (Å²) in [5.74, 6) is -0.615. The molecule has 0 spiro atoms. The van der Waals surface area contributed by atoms with E-state index >= 15 is 0 Å². The zero-order chi connectivity index (χ0) is 25.6. The molecule has 1 N–H and O–H groups in total. The lowest BCUT2D eigenvalue weighted by atomic mass is 10.1. The Morgan fingerprint density at radius 2 is 1.17 bits per heavy atom. The van der Waals surface area contributed by atoms with Crippen molar-refractivity contribution in [2.75, 3.05) is 0 Å². The molecule has 1 unspecified atom stereocenters. The third-order valence-corrected chi connectivity index (χ3v) is 4.90. The van der Waals surface area contributed by atoms with E-state index in [1.54, 1.807) is 6.07 Å². The van der Waals surface area contributed by atoms with Gasteiger partial charge in [0.25, 0.3) is 0 Å². The zero-order valence-corrected chi connectivity index (χ0v) is 20.6. The summed E-state index contributed by atoms with van der Waals surface area (Å²) in [4.78, 5) is 12.0. The number of hydrogen-bond acceptors (Lipinski definition) is 1. The number of alkyl halides is 3. The number of nitrogens with one attached hydrogen (secondary N) is 1. The van der Waals surface area contributed by atoms with E-state index in [0.29, 0.717) is 6.42 Å². The summed E-state index contributed by atoms with van der Waals surface area (Å²) >= 11 is 0. The van der Waals surface area contributed by atoms with Crippen LogP contribution in [0.3, 0.4) is 0 Å². The van der Waals surface area contributed by atoms with Gasteiger partial charge >= 0.3 is 6.18 Å². The van der Waals surface area contributed by atoms with Gasteiger partial charge in [0.2, 0.25) is 5.91 Å². The third kappa shape index (κ3) is 16.2. The second-order valence-electron chi connectivity index (χ2n) is 7.91. The first-order valence-corrected chi connectivity index (χ1v) is 12.3. The molecular weight excluding hydrogens is 447 g/mol. The molecule has 0 aliphatic carbocycles. The lowest BCUT2D eigenvalue weighted by Gasteiger charge is -2.22. The smallest absolute Gasteiger partial charge is 0.341 e. The molecule has 0 heterocycles. The number of allylic oxidation sites excluding steroid dienone is 12. The highest BCUT2D eigenvalue weighted by molar-refractivity contribution is 5.76. The molecule has 0 saturated heterocycles. The van der Waals surface area contributed by atoms with Crippen molar-refractivity contribution in [3.8, 4) is 0 Å². The fourth-order valence-electron chi connectivity index (χ4n) is 3.09. The van der Waals surface area contributed by atoms with Gasteiger partial charge < -0.3 is 5.32 Å². The average Bonchev–Trinajstić information content (AvgIpc) is 2.84. The number of carbonyl (C=O) groups is 1. The van der Waals surface area contributed by atoms with Gasteiger partial charge in [-0.3, -0.25) is 4.79 Å². The van der Waals surface area contributed by atoms with Crippen molar-refractivity contribution in [2.45, 2.75) is 70.5 Å². The van der Waals surface area contributed by atoms with Gasteiger partial charge in [0.1, 0.15) is 0 Å². The summed E-state index contributed by atoms with van der Waals surface area (Å²) in [6.07, 6.45) is 26.5.